The summed E-state index contributed by atoms with van der Waals surface area (Å²) in [5, 5.41) is 3.13. The number of amides is 1. The largest absolute Gasteiger partial charge is 0.495 e. The van der Waals surface area contributed by atoms with Crippen LogP contribution in [0, 0.1) is 0 Å². The van der Waals surface area contributed by atoms with Crippen LogP contribution in [0.25, 0.3) is 17.5 Å². The molecule has 2 aromatic heterocycles. The maximum Gasteiger partial charge on any atom is 0.291 e. The molecular formula is C19H17ClN6O2. The van der Waals surface area contributed by atoms with Gasteiger partial charge < -0.3 is 20.8 Å². The molecule has 0 aliphatic heterocycles. The molecule has 0 atom stereocenters. The van der Waals surface area contributed by atoms with Gasteiger partial charge in [-0.25, -0.2) is 15.0 Å². The zero-order chi connectivity index (χ0) is 19.7. The van der Waals surface area contributed by atoms with Crippen LogP contribution in [0.15, 0.2) is 30.5 Å². The Bertz CT molecular complexity index is 1090. The van der Waals surface area contributed by atoms with Gasteiger partial charge >= 0.3 is 0 Å². The number of imidazole rings is 1. The number of carbonyl (C=O) groups is 1. The minimum Gasteiger partial charge on any atom is -0.495 e. The topological polar surface area (TPSA) is 119 Å². The fraction of sp³-hybridized carbons (Fsp3) is 0.158. The Morgan fingerprint density at radius 1 is 1.36 bits per heavy atom. The third-order valence-electron chi connectivity index (χ3n) is 4.34. The summed E-state index contributed by atoms with van der Waals surface area (Å²) in [6.07, 6.45) is 7.14. The van der Waals surface area contributed by atoms with Gasteiger partial charge in [-0.3, -0.25) is 4.79 Å². The number of ether oxygens (including phenoxy) is 1. The number of aromatic amines is 1. The monoisotopic (exact) mass is 396 g/mol. The number of anilines is 2. The van der Waals surface area contributed by atoms with Gasteiger partial charge in [0.2, 0.25) is 0 Å². The number of methoxy groups -OCH3 is 1. The molecule has 2 heterocycles. The molecule has 0 radical (unpaired) electrons. The van der Waals surface area contributed by atoms with Gasteiger partial charge in [-0.1, -0.05) is 17.7 Å². The standard InChI is InChI=1S/C19H17ClN6O2/c1-28-15-7-6-10(8-11(15)20)17-22-9-14(16(21)26-17)25-19(27)18-23-12-4-2-3-5-13(12)24-18/h2,4,6-9H,3,5H2,1H3,(H,23,24)(H,25,27)(H2,21,22,26). The van der Waals surface area contributed by atoms with Crippen molar-refractivity contribution in [1.82, 2.24) is 19.9 Å². The molecule has 0 saturated heterocycles. The van der Waals surface area contributed by atoms with E-state index in [0.717, 1.165) is 24.2 Å². The van der Waals surface area contributed by atoms with E-state index in [1.807, 2.05) is 12.2 Å². The second kappa shape index (κ2) is 7.32. The van der Waals surface area contributed by atoms with E-state index in [2.05, 4.69) is 25.3 Å². The van der Waals surface area contributed by atoms with Crippen LogP contribution < -0.4 is 15.8 Å². The van der Waals surface area contributed by atoms with Gasteiger partial charge in [-0.2, -0.15) is 0 Å². The number of nitrogen functional groups attached to an aromatic ring is 1. The van der Waals surface area contributed by atoms with Crippen molar-refractivity contribution in [3.8, 4) is 17.1 Å². The van der Waals surface area contributed by atoms with Gasteiger partial charge in [0.15, 0.2) is 17.5 Å². The Kier molecular flexibility index (Phi) is 4.70. The molecule has 0 bridgehead atoms. The van der Waals surface area contributed by atoms with Gasteiger partial charge in [0.05, 0.1) is 24.0 Å². The van der Waals surface area contributed by atoms with Crippen molar-refractivity contribution in [3.63, 3.8) is 0 Å². The van der Waals surface area contributed by atoms with Gasteiger partial charge in [0.25, 0.3) is 5.91 Å². The van der Waals surface area contributed by atoms with Crippen LogP contribution in [-0.4, -0.2) is 33.0 Å². The summed E-state index contributed by atoms with van der Waals surface area (Å²) in [5.41, 5.74) is 8.73. The van der Waals surface area contributed by atoms with Crippen molar-refractivity contribution in [2.24, 2.45) is 0 Å². The number of nitrogens with zero attached hydrogens (tertiary/aromatic N) is 3. The van der Waals surface area contributed by atoms with E-state index in [-0.39, 0.29) is 11.6 Å². The predicted octanol–water partition coefficient (Wildman–Crippen LogP) is 3.32. The van der Waals surface area contributed by atoms with Crippen LogP contribution in [0.4, 0.5) is 11.5 Å². The highest BCUT2D eigenvalue weighted by Crippen LogP contribution is 2.29. The molecule has 4 N–H and O–H groups in total. The number of benzene rings is 1. The highest BCUT2D eigenvalue weighted by atomic mass is 35.5. The molecule has 3 aromatic rings. The number of aromatic nitrogens is 4. The number of hydrogen-bond acceptors (Lipinski definition) is 6. The van der Waals surface area contributed by atoms with Crippen LogP contribution in [0.2, 0.25) is 5.02 Å². The quantitative estimate of drug-likeness (QED) is 0.622. The lowest BCUT2D eigenvalue weighted by Gasteiger charge is -2.09. The van der Waals surface area contributed by atoms with Crippen molar-refractivity contribution in [3.05, 3.63) is 52.7 Å². The summed E-state index contributed by atoms with van der Waals surface area (Å²) in [6.45, 7) is 0. The van der Waals surface area contributed by atoms with Crippen molar-refractivity contribution in [2.45, 2.75) is 12.8 Å². The molecule has 4 rings (SSSR count). The maximum absolute atomic E-state index is 12.5. The minimum absolute atomic E-state index is 0.140. The number of nitrogens with one attached hydrogen (secondary N) is 2. The number of allylic oxidation sites excluding steroid dienone is 1. The zero-order valence-corrected chi connectivity index (χ0v) is 15.7. The number of H-pyrrole nitrogens is 1. The van der Waals surface area contributed by atoms with Gasteiger partial charge in [0, 0.05) is 11.3 Å². The fourth-order valence-electron chi connectivity index (χ4n) is 2.90. The second-order valence-corrected chi connectivity index (χ2v) is 6.59. The molecule has 9 heteroatoms. The lowest BCUT2D eigenvalue weighted by atomic mass is 10.1. The van der Waals surface area contributed by atoms with E-state index in [4.69, 9.17) is 22.1 Å². The summed E-state index contributed by atoms with van der Waals surface area (Å²) < 4.78 is 5.14. The molecule has 0 fully saturated rings. The van der Waals surface area contributed by atoms with E-state index >= 15 is 0 Å². The molecule has 142 valence electrons. The first kappa shape index (κ1) is 18.0. The van der Waals surface area contributed by atoms with Crippen LogP contribution >= 0.6 is 11.6 Å². The first-order valence-electron chi connectivity index (χ1n) is 8.58. The third-order valence-corrected chi connectivity index (χ3v) is 4.63. The van der Waals surface area contributed by atoms with Crippen molar-refractivity contribution < 1.29 is 9.53 Å². The van der Waals surface area contributed by atoms with Crippen LogP contribution in [0.1, 0.15) is 28.4 Å². The van der Waals surface area contributed by atoms with Crippen molar-refractivity contribution in [1.29, 1.82) is 0 Å². The first-order chi connectivity index (χ1) is 13.5. The van der Waals surface area contributed by atoms with E-state index in [1.54, 1.807) is 25.3 Å². The average molecular weight is 397 g/mol. The summed E-state index contributed by atoms with van der Waals surface area (Å²) in [7, 11) is 1.54. The fourth-order valence-corrected chi connectivity index (χ4v) is 3.16. The van der Waals surface area contributed by atoms with Gasteiger partial charge in [-0.15, -0.1) is 0 Å². The van der Waals surface area contributed by atoms with E-state index in [1.165, 1.54) is 6.20 Å². The first-order valence-corrected chi connectivity index (χ1v) is 8.96. The number of fused-ring (bicyclic) bond motifs is 1. The molecule has 0 unspecified atom stereocenters. The normalized spacial score (nSPS) is 12.5. The van der Waals surface area contributed by atoms with E-state index < -0.39 is 5.91 Å². The number of rotatable bonds is 4. The summed E-state index contributed by atoms with van der Waals surface area (Å²) in [6, 6.07) is 5.19. The zero-order valence-electron chi connectivity index (χ0n) is 15.0. The van der Waals surface area contributed by atoms with Gasteiger partial charge in [0.1, 0.15) is 11.4 Å². The number of halogens is 1. The molecule has 1 amide bonds. The summed E-state index contributed by atoms with van der Waals surface area (Å²) >= 11 is 6.15. The second-order valence-electron chi connectivity index (χ2n) is 6.19. The molecule has 0 spiro atoms. The molecule has 1 aromatic carbocycles. The van der Waals surface area contributed by atoms with E-state index in [9.17, 15) is 4.79 Å². The Hall–Kier alpha value is -3.39. The smallest absolute Gasteiger partial charge is 0.291 e. The summed E-state index contributed by atoms with van der Waals surface area (Å²) in [5.74, 6) is 0.902. The summed E-state index contributed by atoms with van der Waals surface area (Å²) in [4.78, 5) is 28.4. The molecule has 1 aliphatic carbocycles. The number of nitrogens with two attached hydrogens (primary N) is 1. The Labute approximate surface area is 165 Å². The highest BCUT2D eigenvalue weighted by molar-refractivity contribution is 6.32. The average Bonchev–Trinajstić information content (AvgIpc) is 3.14. The lowest BCUT2D eigenvalue weighted by molar-refractivity contribution is 0.101. The highest BCUT2D eigenvalue weighted by Gasteiger charge is 2.18. The molecular weight excluding hydrogens is 380 g/mol. The van der Waals surface area contributed by atoms with Gasteiger partial charge in [-0.05, 0) is 37.1 Å². The third kappa shape index (κ3) is 3.41. The van der Waals surface area contributed by atoms with Crippen LogP contribution in [-0.2, 0) is 6.42 Å². The molecule has 0 saturated carbocycles. The number of carbonyl (C=O) groups excluding carboxylic acids is 1. The van der Waals surface area contributed by atoms with Crippen molar-refractivity contribution >= 4 is 35.1 Å². The Morgan fingerprint density at radius 3 is 2.93 bits per heavy atom. The van der Waals surface area contributed by atoms with Crippen LogP contribution in [0.5, 0.6) is 5.75 Å². The molecule has 8 nitrogen and oxygen atoms in total. The lowest BCUT2D eigenvalue weighted by Crippen LogP contribution is -2.16. The predicted molar refractivity (Wildman–Crippen MR) is 107 cm³/mol. The van der Waals surface area contributed by atoms with Crippen LogP contribution in [0.3, 0.4) is 0 Å². The van der Waals surface area contributed by atoms with E-state index in [0.29, 0.717) is 27.8 Å². The Balaban J connectivity index is 1.55. The molecule has 1 aliphatic rings. The Morgan fingerprint density at radius 2 is 2.21 bits per heavy atom. The number of hydrogen-bond donors (Lipinski definition) is 3. The molecule has 28 heavy (non-hydrogen) atoms. The number of aryl methyl sites for hydroxylation is 1. The minimum atomic E-state index is -0.404. The maximum atomic E-state index is 12.5. The SMILES string of the molecule is COc1ccc(-c2ncc(NC(=O)c3nc4c([nH]3)CCC=C4)c(N)n2)cc1Cl. The van der Waals surface area contributed by atoms with Crippen molar-refractivity contribution in [2.75, 3.05) is 18.2 Å².